The Morgan fingerprint density at radius 2 is 1.00 bits per heavy atom. The Kier molecular flexibility index (Phi) is 10.5. The zero-order valence-electron chi connectivity index (χ0n) is 18.7. The van der Waals surface area contributed by atoms with Crippen molar-refractivity contribution < 1.29 is 28.7 Å². The largest absolute Gasteiger partial charge is 0.444 e. The average molecular weight is 417 g/mol. The molecule has 0 aromatic heterocycles. The standard InChI is InChI=1S/C19H36N4O6/c1-12(22-16(26)28-18(3,4)5)14(24)20-10-9-11-21-15(25)13(2)23-17(27)29-19(6,7)8/h12-13H,9-11H2,1-8H3,(H,20,24)(H,21,25)(H,22,26)(H,23,27). The Balaban J connectivity index is 4.04. The van der Waals surface area contributed by atoms with Crippen molar-refractivity contribution in [3.05, 3.63) is 0 Å². The summed E-state index contributed by atoms with van der Waals surface area (Å²) in [6.45, 7) is 14.1. The molecule has 168 valence electrons. The lowest BCUT2D eigenvalue weighted by Gasteiger charge is -2.22. The molecule has 0 heterocycles. The highest BCUT2D eigenvalue weighted by Gasteiger charge is 2.22. The van der Waals surface area contributed by atoms with Crippen LogP contribution in [-0.2, 0) is 19.1 Å². The number of nitrogens with one attached hydrogen (secondary N) is 4. The van der Waals surface area contributed by atoms with E-state index in [0.717, 1.165) is 0 Å². The first-order chi connectivity index (χ1) is 13.1. The summed E-state index contributed by atoms with van der Waals surface area (Å²) in [5, 5.41) is 10.2. The maximum Gasteiger partial charge on any atom is 0.408 e. The van der Waals surface area contributed by atoms with Crippen LogP contribution in [0.2, 0.25) is 0 Å². The Morgan fingerprint density at radius 3 is 1.28 bits per heavy atom. The van der Waals surface area contributed by atoms with Crippen molar-refractivity contribution in [2.75, 3.05) is 13.1 Å². The summed E-state index contributed by atoms with van der Waals surface area (Å²) in [5.74, 6) is -0.718. The second-order valence-corrected chi connectivity index (χ2v) is 8.67. The van der Waals surface area contributed by atoms with E-state index in [9.17, 15) is 19.2 Å². The van der Waals surface area contributed by atoms with Gasteiger partial charge < -0.3 is 30.7 Å². The third-order valence-corrected chi connectivity index (χ3v) is 3.21. The van der Waals surface area contributed by atoms with Gasteiger partial charge in [0.2, 0.25) is 11.8 Å². The lowest BCUT2D eigenvalue weighted by Crippen LogP contribution is -2.48. The first-order valence-electron chi connectivity index (χ1n) is 9.65. The monoisotopic (exact) mass is 416 g/mol. The van der Waals surface area contributed by atoms with Gasteiger partial charge in [0.15, 0.2) is 0 Å². The second-order valence-electron chi connectivity index (χ2n) is 8.67. The van der Waals surface area contributed by atoms with E-state index in [-0.39, 0.29) is 11.8 Å². The highest BCUT2D eigenvalue weighted by Crippen LogP contribution is 2.07. The van der Waals surface area contributed by atoms with Gasteiger partial charge in [-0.2, -0.15) is 0 Å². The summed E-state index contributed by atoms with van der Waals surface area (Å²) in [5.41, 5.74) is -1.29. The van der Waals surface area contributed by atoms with E-state index in [1.165, 1.54) is 0 Å². The molecule has 10 nitrogen and oxygen atoms in total. The molecule has 0 aromatic rings. The highest BCUT2D eigenvalue weighted by molar-refractivity contribution is 5.86. The summed E-state index contributed by atoms with van der Waals surface area (Å²) in [6, 6.07) is -1.50. The summed E-state index contributed by atoms with van der Waals surface area (Å²) >= 11 is 0. The molecule has 10 heteroatoms. The molecule has 0 fully saturated rings. The van der Waals surface area contributed by atoms with Gasteiger partial charge in [-0.1, -0.05) is 0 Å². The number of carbonyl (C=O) groups is 4. The van der Waals surface area contributed by atoms with Crippen LogP contribution in [0.4, 0.5) is 9.59 Å². The van der Waals surface area contributed by atoms with E-state index in [2.05, 4.69) is 21.3 Å². The number of amides is 4. The Labute approximate surface area is 172 Å². The van der Waals surface area contributed by atoms with Gasteiger partial charge in [-0.15, -0.1) is 0 Å². The van der Waals surface area contributed by atoms with Crippen molar-refractivity contribution in [1.29, 1.82) is 0 Å². The van der Waals surface area contributed by atoms with Crippen molar-refractivity contribution in [2.24, 2.45) is 0 Å². The van der Waals surface area contributed by atoms with Crippen LogP contribution in [-0.4, -0.2) is 60.4 Å². The molecule has 0 saturated heterocycles. The van der Waals surface area contributed by atoms with Crippen molar-refractivity contribution in [2.45, 2.75) is 85.1 Å². The summed E-state index contributed by atoms with van der Waals surface area (Å²) in [7, 11) is 0. The normalized spacial score (nSPS) is 13.5. The number of hydrogen-bond donors (Lipinski definition) is 4. The number of alkyl carbamates (subject to hydrolysis) is 2. The molecule has 0 aromatic carbocycles. The van der Waals surface area contributed by atoms with Crippen LogP contribution < -0.4 is 21.3 Å². The minimum atomic E-state index is -0.752. The molecule has 29 heavy (non-hydrogen) atoms. The van der Waals surface area contributed by atoms with Crippen LogP contribution in [0.5, 0.6) is 0 Å². The SMILES string of the molecule is CC(NC(=O)OC(C)(C)C)C(=O)NCCCNC(=O)C(C)NC(=O)OC(C)(C)C. The van der Waals surface area contributed by atoms with Gasteiger partial charge in [-0.05, 0) is 61.8 Å². The van der Waals surface area contributed by atoms with Crippen molar-refractivity contribution in [3.63, 3.8) is 0 Å². The maximum absolute atomic E-state index is 12.0. The first kappa shape index (κ1) is 26.5. The lowest BCUT2D eigenvalue weighted by molar-refractivity contribution is -0.122. The zero-order chi connectivity index (χ0) is 22.8. The van der Waals surface area contributed by atoms with Crippen molar-refractivity contribution >= 4 is 24.0 Å². The van der Waals surface area contributed by atoms with Crippen LogP contribution in [0.15, 0.2) is 0 Å². The van der Waals surface area contributed by atoms with Gasteiger partial charge in [0.05, 0.1) is 0 Å². The Bertz CT molecular complexity index is 530. The molecule has 0 radical (unpaired) electrons. The minimum absolute atomic E-state index is 0.313. The fourth-order valence-corrected chi connectivity index (χ4v) is 1.92. The fraction of sp³-hybridized carbons (Fsp3) is 0.789. The summed E-state index contributed by atoms with van der Waals surface area (Å²) in [6.07, 6.45) is -0.853. The number of ether oxygens (including phenoxy) is 2. The van der Waals surface area contributed by atoms with Gasteiger partial charge in [-0.3, -0.25) is 9.59 Å². The molecule has 0 aliphatic rings. The number of rotatable bonds is 8. The third kappa shape index (κ3) is 14.2. The number of carbonyl (C=O) groups excluding carboxylic acids is 4. The predicted molar refractivity (Wildman–Crippen MR) is 108 cm³/mol. The zero-order valence-corrected chi connectivity index (χ0v) is 18.7. The van der Waals surface area contributed by atoms with Gasteiger partial charge in [-0.25, -0.2) is 9.59 Å². The molecule has 2 atom stereocenters. The second kappa shape index (κ2) is 11.5. The fourth-order valence-electron chi connectivity index (χ4n) is 1.92. The first-order valence-corrected chi connectivity index (χ1v) is 9.65. The molecule has 4 N–H and O–H groups in total. The van der Waals surface area contributed by atoms with Gasteiger partial charge in [0.25, 0.3) is 0 Å². The van der Waals surface area contributed by atoms with Crippen LogP contribution in [0.25, 0.3) is 0 Å². The van der Waals surface area contributed by atoms with E-state index in [1.807, 2.05) is 0 Å². The lowest BCUT2D eigenvalue weighted by atomic mass is 10.2. The van der Waals surface area contributed by atoms with Crippen LogP contribution in [0.3, 0.4) is 0 Å². The molecule has 0 rings (SSSR count). The average Bonchev–Trinajstić information content (AvgIpc) is 2.49. The maximum atomic E-state index is 12.0. The molecule has 0 saturated carbocycles. The molecular formula is C19H36N4O6. The van der Waals surface area contributed by atoms with Gasteiger partial charge in [0.1, 0.15) is 23.3 Å². The molecule has 0 bridgehead atoms. The summed E-state index contributed by atoms with van der Waals surface area (Å²) in [4.78, 5) is 47.2. The van der Waals surface area contributed by atoms with Gasteiger partial charge >= 0.3 is 12.2 Å². The molecular weight excluding hydrogens is 380 g/mol. The van der Waals surface area contributed by atoms with E-state index >= 15 is 0 Å². The highest BCUT2D eigenvalue weighted by atomic mass is 16.6. The number of hydrogen-bond acceptors (Lipinski definition) is 6. The van der Waals surface area contributed by atoms with E-state index < -0.39 is 35.5 Å². The van der Waals surface area contributed by atoms with Crippen molar-refractivity contribution in [1.82, 2.24) is 21.3 Å². The van der Waals surface area contributed by atoms with Crippen LogP contribution in [0, 0.1) is 0 Å². The molecule has 2 unspecified atom stereocenters. The topological polar surface area (TPSA) is 135 Å². The smallest absolute Gasteiger partial charge is 0.408 e. The predicted octanol–water partition coefficient (Wildman–Crippen LogP) is 1.44. The van der Waals surface area contributed by atoms with Crippen LogP contribution in [0.1, 0.15) is 61.8 Å². The van der Waals surface area contributed by atoms with Crippen molar-refractivity contribution in [3.8, 4) is 0 Å². The third-order valence-electron chi connectivity index (χ3n) is 3.21. The molecule has 0 aliphatic carbocycles. The molecule has 0 aliphatic heterocycles. The quantitative estimate of drug-likeness (QED) is 0.442. The summed E-state index contributed by atoms with van der Waals surface area (Å²) < 4.78 is 10.2. The Morgan fingerprint density at radius 1 is 0.690 bits per heavy atom. The van der Waals surface area contributed by atoms with E-state index in [4.69, 9.17) is 9.47 Å². The van der Waals surface area contributed by atoms with E-state index in [1.54, 1.807) is 55.4 Å². The van der Waals surface area contributed by atoms with E-state index in [0.29, 0.717) is 19.5 Å². The molecule has 0 spiro atoms. The molecule has 4 amide bonds. The minimum Gasteiger partial charge on any atom is -0.444 e. The van der Waals surface area contributed by atoms with Gasteiger partial charge in [0, 0.05) is 13.1 Å². The Hall–Kier alpha value is -2.52. The van der Waals surface area contributed by atoms with Crippen LogP contribution >= 0.6 is 0 Å².